The van der Waals surface area contributed by atoms with Gasteiger partial charge in [0.15, 0.2) is 0 Å². The zero-order chi connectivity index (χ0) is 9.52. The maximum atomic E-state index is 3.65. The molecule has 0 aromatic heterocycles. The summed E-state index contributed by atoms with van der Waals surface area (Å²) >= 11 is 0. The van der Waals surface area contributed by atoms with Crippen LogP contribution in [0.25, 0.3) is 0 Å². The SMILES string of the molecule is [CH2]/C=C\C(C)=C/C=C1C=CCC=C1. The molecule has 0 atom stereocenters. The summed E-state index contributed by atoms with van der Waals surface area (Å²) in [5, 5.41) is 0. The van der Waals surface area contributed by atoms with Gasteiger partial charge in [-0.1, -0.05) is 54.2 Å². The molecule has 67 valence electrons. The lowest BCUT2D eigenvalue weighted by molar-refractivity contribution is 1.34. The van der Waals surface area contributed by atoms with Crippen molar-refractivity contribution in [1.82, 2.24) is 0 Å². The second-order valence-corrected chi connectivity index (χ2v) is 3.02. The molecule has 0 heteroatoms. The molecule has 1 radical (unpaired) electrons. The van der Waals surface area contributed by atoms with Crippen molar-refractivity contribution in [2.45, 2.75) is 13.3 Å². The van der Waals surface area contributed by atoms with Crippen molar-refractivity contribution in [3.8, 4) is 0 Å². The second kappa shape index (κ2) is 5.36. The number of allylic oxidation sites excluding steroid dienone is 10. The van der Waals surface area contributed by atoms with Crippen molar-refractivity contribution in [2.75, 3.05) is 0 Å². The van der Waals surface area contributed by atoms with Crippen molar-refractivity contribution in [1.29, 1.82) is 0 Å². The highest BCUT2D eigenvalue weighted by Crippen LogP contribution is 2.08. The van der Waals surface area contributed by atoms with Crippen LogP contribution in [0.4, 0.5) is 0 Å². The summed E-state index contributed by atoms with van der Waals surface area (Å²) in [5.41, 5.74) is 2.47. The Morgan fingerprint density at radius 3 is 2.69 bits per heavy atom. The Morgan fingerprint density at radius 1 is 1.38 bits per heavy atom. The molecule has 0 aliphatic heterocycles. The first kappa shape index (κ1) is 9.79. The lowest BCUT2D eigenvalue weighted by Crippen LogP contribution is -1.77. The van der Waals surface area contributed by atoms with Crippen molar-refractivity contribution in [3.05, 3.63) is 66.7 Å². The van der Waals surface area contributed by atoms with Gasteiger partial charge in [0.05, 0.1) is 0 Å². The van der Waals surface area contributed by atoms with Crippen LogP contribution in [0.3, 0.4) is 0 Å². The van der Waals surface area contributed by atoms with Gasteiger partial charge in [-0.2, -0.15) is 0 Å². The molecule has 0 fully saturated rings. The highest BCUT2D eigenvalue weighted by atomic mass is 13.9. The summed E-state index contributed by atoms with van der Waals surface area (Å²) in [4.78, 5) is 0. The molecule has 1 rings (SSSR count). The van der Waals surface area contributed by atoms with Gasteiger partial charge in [0.2, 0.25) is 0 Å². The molecule has 0 aromatic carbocycles. The van der Waals surface area contributed by atoms with Crippen LogP contribution >= 0.6 is 0 Å². The molecule has 0 bridgehead atoms. The van der Waals surface area contributed by atoms with Crippen LogP contribution in [0.15, 0.2) is 59.8 Å². The quantitative estimate of drug-likeness (QED) is 0.555. The Kier molecular flexibility index (Phi) is 4.04. The van der Waals surface area contributed by atoms with E-state index in [1.165, 1.54) is 11.1 Å². The van der Waals surface area contributed by atoms with Crippen LogP contribution in [0, 0.1) is 6.92 Å². The van der Waals surface area contributed by atoms with E-state index in [9.17, 15) is 0 Å². The topological polar surface area (TPSA) is 0 Å². The third-order valence-corrected chi connectivity index (χ3v) is 1.81. The summed E-state index contributed by atoms with van der Waals surface area (Å²) in [7, 11) is 0. The average Bonchev–Trinajstić information content (AvgIpc) is 2.17. The van der Waals surface area contributed by atoms with Crippen molar-refractivity contribution in [3.63, 3.8) is 0 Å². The van der Waals surface area contributed by atoms with Crippen LogP contribution in [0.2, 0.25) is 0 Å². The van der Waals surface area contributed by atoms with E-state index in [-0.39, 0.29) is 0 Å². The standard InChI is InChI=1S/C13H15/c1-3-7-12(2)10-11-13-8-5-4-6-9-13/h3,5-11H,1,4H2,2H3/b7-3-,12-10-. The molecule has 1 aliphatic carbocycles. The normalized spacial score (nSPS) is 17.1. The Morgan fingerprint density at radius 2 is 2.08 bits per heavy atom. The first-order chi connectivity index (χ1) is 6.33. The van der Waals surface area contributed by atoms with Crippen molar-refractivity contribution in [2.24, 2.45) is 0 Å². The van der Waals surface area contributed by atoms with Gasteiger partial charge >= 0.3 is 0 Å². The maximum absolute atomic E-state index is 3.65. The summed E-state index contributed by atoms with van der Waals surface area (Å²) in [5.74, 6) is 0. The van der Waals surface area contributed by atoms with E-state index in [0.717, 1.165) is 6.42 Å². The highest BCUT2D eigenvalue weighted by Gasteiger charge is 1.88. The van der Waals surface area contributed by atoms with E-state index in [4.69, 9.17) is 0 Å². The van der Waals surface area contributed by atoms with Crippen molar-refractivity contribution < 1.29 is 0 Å². The van der Waals surface area contributed by atoms with Crippen LogP contribution in [-0.4, -0.2) is 0 Å². The molecule has 1 aliphatic rings. The van der Waals surface area contributed by atoms with Gasteiger partial charge in [-0.05, 0) is 25.8 Å². The average molecular weight is 171 g/mol. The van der Waals surface area contributed by atoms with Gasteiger partial charge in [0.1, 0.15) is 0 Å². The lowest BCUT2D eigenvalue weighted by atomic mass is 10.1. The number of hydrogen-bond donors (Lipinski definition) is 0. The molecule has 0 saturated heterocycles. The van der Waals surface area contributed by atoms with E-state index in [1.54, 1.807) is 6.08 Å². The summed E-state index contributed by atoms with van der Waals surface area (Å²) in [6.45, 7) is 5.71. The van der Waals surface area contributed by atoms with E-state index in [2.05, 4.69) is 50.3 Å². The van der Waals surface area contributed by atoms with Gasteiger partial charge in [0, 0.05) is 0 Å². The lowest BCUT2D eigenvalue weighted by Gasteiger charge is -1.97. The zero-order valence-corrected chi connectivity index (χ0v) is 8.03. The molecule has 13 heavy (non-hydrogen) atoms. The predicted octanol–water partition coefficient (Wildman–Crippen LogP) is 3.77. The fourth-order valence-electron chi connectivity index (χ4n) is 1.12. The minimum atomic E-state index is 1.05. The monoisotopic (exact) mass is 171 g/mol. The second-order valence-electron chi connectivity index (χ2n) is 3.02. The molecule has 0 heterocycles. The Hall–Kier alpha value is -1.30. The molecule has 0 spiro atoms. The molecular weight excluding hydrogens is 156 g/mol. The van der Waals surface area contributed by atoms with E-state index >= 15 is 0 Å². The van der Waals surface area contributed by atoms with E-state index in [1.807, 2.05) is 6.08 Å². The van der Waals surface area contributed by atoms with Crippen LogP contribution in [0.5, 0.6) is 0 Å². The fourth-order valence-corrected chi connectivity index (χ4v) is 1.12. The molecule has 0 amide bonds. The molecule has 0 nitrogen and oxygen atoms in total. The van der Waals surface area contributed by atoms with Gasteiger partial charge in [-0.3, -0.25) is 0 Å². The van der Waals surface area contributed by atoms with Crippen LogP contribution < -0.4 is 0 Å². The molecule has 0 unspecified atom stereocenters. The Balaban J connectivity index is 2.65. The Bertz CT molecular complexity index is 282. The van der Waals surface area contributed by atoms with E-state index < -0.39 is 0 Å². The third-order valence-electron chi connectivity index (χ3n) is 1.81. The Labute approximate surface area is 80.7 Å². The van der Waals surface area contributed by atoms with E-state index in [0.29, 0.717) is 0 Å². The summed E-state index contributed by atoms with van der Waals surface area (Å²) in [6, 6.07) is 0. The minimum Gasteiger partial charge on any atom is -0.0840 e. The van der Waals surface area contributed by atoms with Gasteiger partial charge in [0.25, 0.3) is 0 Å². The van der Waals surface area contributed by atoms with Gasteiger partial charge in [-0.15, -0.1) is 0 Å². The minimum absolute atomic E-state index is 1.05. The van der Waals surface area contributed by atoms with Gasteiger partial charge < -0.3 is 0 Å². The maximum Gasteiger partial charge on any atom is -0.0163 e. The molecule has 0 N–H and O–H groups in total. The van der Waals surface area contributed by atoms with Crippen molar-refractivity contribution >= 4 is 0 Å². The summed E-state index contributed by atoms with van der Waals surface area (Å²) in [6.07, 6.45) is 17.6. The first-order valence-electron chi connectivity index (χ1n) is 4.50. The first-order valence-corrected chi connectivity index (χ1v) is 4.50. The highest BCUT2D eigenvalue weighted by molar-refractivity contribution is 5.38. The largest absolute Gasteiger partial charge is 0.0840 e. The third kappa shape index (κ3) is 3.75. The molecule has 0 aromatic rings. The smallest absolute Gasteiger partial charge is 0.0163 e. The fraction of sp³-hybridized carbons (Fsp3) is 0.154. The predicted molar refractivity (Wildman–Crippen MR) is 59.2 cm³/mol. The van der Waals surface area contributed by atoms with Crippen LogP contribution in [-0.2, 0) is 0 Å². The summed E-state index contributed by atoms with van der Waals surface area (Å²) < 4.78 is 0. The van der Waals surface area contributed by atoms with Crippen LogP contribution in [0.1, 0.15) is 13.3 Å². The molecule has 0 saturated carbocycles. The number of rotatable bonds is 2. The van der Waals surface area contributed by atoms with Gasteiger partial charge in [-0.25, -0.2) is 0 Å². The number of hydrogen-bond acceptors (Lipinski definition) is 0. The molecular formula is C13H15. The zero-order valence-electron chi connectivity index (χ0n) is 8.03.